The van der Waals surface area contributed by atoms with E-state index in [1.54, 1.807) is 0 Å². The number of ether oxygens (including phenoxy) is 1. The molecule has 0 unspecified atom stereocenters. The summed E-state index contributed by atoms with van der Waals surface area (Å²) in [5, 5.41) is 0. The van der Waals surface area contributed by atoms with Gasteiger partial charge >= 0.3 is 6.09 Å². The largest absolute Gasteiger partial charge is 0.447 e. The summed E-state index contributed by atoms with van der Waals surface area (Å²) in [6.45, 7) is 8.76. The van der Waals surface area contributed by atoms with Gasteiger partial charge in [-0.2, -0.15) is 0 Å². The van der Waals surface area contributed by atoms with Crippen molar-refractivity contribution in [2.75, 3.05) is 6.61 Å². The number of hydrogen-bond donors (Lipinski definition) is 0. The predicted octanol–water partition coefficient (Wildman–Crippen LogP) is 6.09. The lowest BCUT2D eigenvalue weighted by molar-refractivity contribution is -0.137. The molecule has 1 saturated heterocycles. The lowest BCUT2D eigenvalue weighted by Crippen LogP contribution is -2.50. The molecule has 1 heterocycles. The molecule has 2 amide bonds. The number of carbonyl (C=O) groups excluding carboxylic acids is 2. The third-order valence-electron chi connectivity index (χ3n) is 6.00. The van der Waals surface area contributed by atoms with Crippen molar-refractivity contribution in [1.82, 2.24) is 4.90 Å². The number of allylic oxidation sites excluding steroid dienone is 1. The number of halogens is 1. The van der Waals surface area contributed by atoms with Crippen molar-refractivity contribution in [2.45, 2.75) is 77.2 Å². The molecule has 2 atom stereocenters. The van der Waals surface area contributed by atoms with Crippen molar-refractivity contribution in [3.05, 3.63) is 45.6 Å². The Morgan fingerprint density at radius 1 is 1.23 bits per heavy atom. The number of imide groups is 1. The van der Waals surface area contributed by atoms with Crippen LogP contribution in [-0.4, -0.2) is 44.0 Å². The first-order valence-electron chi connectivity index (χ1n) is 11.0. The third-order valence-corrected chi connectivity index (χ3v) is 11.9. The highest BCUT2D eigenvalue weighted by molar-refractivity contribution is 14.1. The maximum atomic E-state index is 13.6. The summed E-state index contributed by atoms with van der Waals surface area (Å²) in [4.78, 5) is 27.4. The van der Waals surface area contributed by atoms with Crippen LogP contribution in [0.5, 0.6) is 0 Å². The minimum absolute atomic E-state index is 0.229. The molecule has 1 aromatic carbocycles. The van der Waals surface area contributed by atoms with Crippen LogP contribution in [0.4, 0.5) is 4.79 Å². The zero-order valence-corrected chi connectivity index (χ0v) is 21.7. The van der Waals surface area contributed by atoms with Gasteiger partial charge in [-0.3, -0.25) is 4.79 Å². The Kier molecular flexibility index (Phi) is 10.0. The van der Waals surface area contributed by atoms with E-state index in [0.29, 0.717) is 12.8 Å². The quantitative estimate of drug-likeness (QED) is 0.251. The third kappa shape index (κ3) is 6.40. The van der Waals surface area contributed by atoms with E-state index in [0.717, 1.165) is 30.1 Å². The van der Waals surface area contributed by atoms with Crippen molar-refractivity contribution in [1.29, 1.82) is 0 Å². The fourth-order valence-corrected chi connectivity index (χ4v) is 6.86. The second kappa shape index (κ2) is 12.0. The van der Waals surface area contributed by atoms with E-state index in [2.05, 4.69) is 56.4 Å². The van der Waals surface area contributed by atoms with Gasteiger partial charge in [-0.25, -0.2) is 9.69 Å². The number of benzene rings is 1. The molecule has 1 aliphatic rings. The summed E-state index contributed by atoms with van der Waals surface area (Å²) < 4.78 is 13.1. The minimum atomic E-state index is -2.03. The average molecular weight is 544 g/mol. The van der Waals surface area contributed by atoms with Gasteiger partial charge in [-0.05, 0) is 62.7 Å². The normalized spacial score (nSPS) is 18.4. The van der Waals surface area contributed by atoms with Gasteiger partial charge in [0, 0.05) is 6.42 Å². The Hall–Kier alpha value is -1.19. The van der Waals surface area contributed by atoms with Gasteiger partial charge in [0.05, 0.1) is 6.04 Å². The summed E-state index contributed by atoms with van der Waals surface area (Å²) in [6, 6.07) is 12.5. The monoisotopic (exact) mass is 543 g/mol. The molecule has 1 aromatic rings. The van der Waals surface area contributed by atoms with Crippen molar-refractivity contribution >= 4 is 42.9 Å². The maximum absolute atomic E-state index is 13.6. The van der Waals surface area contributed by atoms with E-state index in [-0.39, 0.29) is 18.6 Å². The lowest BCUT2D eigenvalue weighted by Gasteiger charge is -2.34. The SMILES string of the molecule is CC/C(I)=C/C[C@H](O[Si](CC)(CC)CC)C(=O)N1C(=O)OC[C@H]1Cc1ccccc1. The number of amides is 2. The Morgan fingerprint density at radius 3 is 2.43 bits per heavy atom. The van der Waals surface area contributed by atoms with E-state index in [9.17, 15) is 9.59 Å². The van der Waals surface area contributed by atoms with Crippen LogP contribution >= 0.6 is 22.6 Å². The molecule has 0 aliphatic carbocycles. The van der Waals surface area contributed by atoms with Gasteiger partial charge in [-0.1, -0.05) is 64.1 Å². The van der Waals surface area contributed by atoms with E-state index < -0.39 is 20.5 Å². The molecular weight excluding hydrogens is 509 g/mol. The highest BCUT2D eigenvalue weighted by Crippen LogP contribution is 2.28. The molecule has 0 saturated carbocycles. The molecule has 1 fully saturated rings. The van der Waals surface area contributed by atoms with Crippen molar-refractivity contribution in [3.63, 3.8) is 0 Å². The van der Waals surface area contributed by atoms with Crippen molar-refractivity contribution in [3.8, 4) is 0 Å². The lowest BCUT2D eigenvalue weighted by atomic mass is 10.1. The highest BCUT2D eigenvalue weighted by Gasteiger charge is 2.43. The topological polar surface area (TPSA) is 55.8 Å². The summed E-state index contributed by atoms with van der Waals surface area (Å²) >= 11 is 2.30. The second-order valence-electron chi connectivity index (χ2n) is 7.72. The molecule has 5 nitrogen and oxygen atoms in total. The summed E-state index contributed by atoms with van der Waals surface area (Å²) in [6.07, 6.45) is 2.86. The Bertz CT molecular complexity index is 728. The molecule has 30 heavy (non-hydrogen) atoms. The molecule has 0 spiro atoms. The van der Waals surface area contributed by atoms with Crippen LogP contribution in [0.25, 0.3) is 0 Å². The zero-order valence-electron chi connectivity index (χ0n) is 18.5. The molecule has 0 radical (unpaired) electrons. The first-order valence-corrected chi connectivity index (χ1v) is 14.6. The number of rotatable bonds is 11. The molecule has 7 heteroatoms. The Morgan fingerprint density at radius 2 is 1.87 bits per heavy atom. The van der Waals surface area contributed by atoms with Crippen molar-refractivity contribution < 1.29 is 18.8 Å². The standard InChI is InChI=1S/C23H34INO4Si/c1-5-19(24)14-15-21(29-30(6-2,7-3)8-4)22(26)25-20(17-28-23(25)27)16-18-12-10-9-11-13-18/h9-14,20-21H,5-8,15-17H2,1-4H3/b19-14-/t20-,21+/m1/s1. The number of hydrogen-bond acceptors (Lipinski definition) is 4. The van der Waals surface area contributed by atoms with Crippen LogP contribution in [-0.2, 0) is 20.4 Å². The van der Waals surface area contributed by atoms with Crippen LogP contribution in [0, 0.1) is 0 Å². The first kappa shape index (κ1) is 25.1. The smallest absolute Gasteiger partial charge is 0.417 e. The van der Waals surface area contributed by atoms with Crippen LogP contribution in [0.2, 0.25) is 18.1 Å². The van der Waals surface area contributed by atoms with E-state index in [1.165, 1.54) is 8.48 Å². The first-order chi connectivity index (χ1) is 14.4. The van der Waals surface area contributed by atoms with Crippen LogP contribution in [0.1, 0.15) is 46.1 Å². The maximum Gasteiger partial charge on any atom is 0.417 e. The second-order valence-corrected chi connectivity index (χ2v) is 13.8. The summed E-state index contributed by atoms with van der Waals surface area (Å²) in [5.41, 5.74) is 1.08. The Labute approximate surface area is 195 Å². The fraction of sp³-hybridized carbons (Fsp3) is 0.565. The van der Waals surface area contributed by atoms with Gasteiger partial charge in [-0.15, -0.1) is 0 Å². The number of nitrogens with zero attached hydrogens (tertiary/aromatic N) is 1. The molecule has 0 aromatic heterocycles. The molecule has 166 valence electrons. The highest BCUT2D eigenvalue weighted by atomic mass is 127. The van der Waals surface area contributed by atoms with E-state index >= 15 is 0 Å². The average Bonchev–Trinajstić information content (AvgIpc) is 3.14. The van der Waals surface area contributed by atoms with Crippen molar-refractivity contribution in [2.24, 2.45) is 0 Å². The van der Waals surface area contributed by atoms with E-state index in [4.69, 9.17) is 9.16 Å². The predicted molar refractivity (Wildman–Crippen MR) is 131 cm³/mol. The Balaban J connectivity index is 2.27. The van der Waals surface area contributed by atoms with Crippen LogP contribution in [0.3, 0.4) is 0 Å². The number of carbonyl (C=O) groups is 2. The summed E-state index contributed by atoms with van der Waals surface area (Å²) in [7, 11) is -2.03. The van der Waals surface area contributed by atoms with E-state index in [1.807, 2.05) is 30.3 Å². The van der Waals surface area contributed by atoms with Crippen LogP contribution in [0.15, 0.2) is 40.0 Å². The molecule has 0 bridgehead atoms. The van der Waals surface area contributed by atoms with Gasteiger partial charge in [0.15, 0.2) is 8.32 Å². The minimum Gasteiger partial charge on any atom is -0.447 e. The van der Waals surface area contributed by atoms with Gasteiger partial charge in [0.2, 0.25) is 0 Å². The molecule has 2 rings (SSSR count). The summed E-state index contributed by atoms with van der Waals surface area (Å²) in [5.74, 6) is -0.262. The molecular formula is C23H34INO4Si. The fourth-order valence-electron chi connectivity index (χ4n) is 3.80. The molecule has 0 N–H and O–H groups in total. The van der Waals surface area contributed by atoms with Gasteiger partial charge < -0.3 is 9.16 Å². The molecule has 1 aliphatic heterocycles. The van der Waals surface area contributed by atoms with Gasteiger partial charge in [0.25, 0.3) is 5.91 Å². The van der Waals surface area contributed by atoms with Crippen LogP contribution < -0.4 is 0 Å². The van der Waals surface area contributed by atoms with Gasteiger partial charge in [0.1, 0.15) is 12.7 Å². The zero-order chi connectivity index (χ0) is 22.1. The number of cyclic esters (lactones) is 1.